The molecule has 1 aromatic rings. The quantitative estimate of drug-likeness (QED) is 0.778. The molecule has 19 heavy (non-hydrogen) atoms. The van der Waals surface area contributed by atoms with E-state index in [9.17, 15) is 4.79 Å². The molecule has 0 aliphatic carbocycles. The van der Waals surface area contributed by atoms with Crippen molar-refractivity contribution in [1.82, 2.24) is 5.32 Å². The molecule has 1 rings (SSSR count). The SMILES string of the molecule is CCOc1c(Br)cc(C(=O)NCCOC)cc1OC. The zero-order valence-corrected chi connectivity index (χ0v) is 12.9. The summed E-state index contributed by atoms with van der Waals surface area (Å²) in [5.41, 5.74) is 0.503. The van der Waals surface area contributed by atoms with Gasteiger partial charge in [-0.25, -0.2) is 0 Å². The Morgan fingerprint density at radius 1 is 1.37 bits per heavy atom. The third kappa shape index (κ3) is 4.40. The van der Waals surface area contributed by atoms with E-state index in [-0.39, 0.29) is 5.91 Å². The Balaban J connectivity index is 2.91. The van der Waals surface area contributed by atoms with Crippen molar-refractivity contribution < 1.29 is 19.0 Å². The second-order valence-electron chi connectivity index (χ2n) is 3.67. The number of carbonyl (C=O) groups excluding carboxylic acids is 1. The first-order valence-electron chi connectivity index (χ1n) is 5.91. The minimum atomic E-state index is -0.181. The number of rotatable bonds is 7. The zero-order valence-electron chi connectivity index (χ0n) is 11.3. The summed E-state index contributed by atoms with van der Waals surface area (Å²) in [7, 11) is 3.12. The minimum Gasteiger partial charge on any atom is -0.493 e. The number of halogens is 1. The average molecular weight is 332 g/mol. The number of hydrogen-bond donors (Lipinski definition) is 1. The standard InChI is InChI=1S/C13H18BrNO4/c1-4-19-12-10(14)7-9(8-11(12)18-3)13(16)15-5-6-17-2/h7-8H,4-6H2,1-3H3,(H,15,16). The minimum absolute atomic E-state index is 0.181. The molecule has 0 heterocycles. The van der Waals surface area contributed by atoms with E-state index in [4.69, 9.17) is 14.2 Å². The lowest BCUT2D eigenvalue weighted by atomic mass is 10.2. The number of benzene rings is 1. The maximum atomic E-state index is 11.9. The summed E-state index contributed by atoms with van der Waals surface area (Å²) >= 11 is 3.38. The van der Waals surface area contributed by atoms with E-state index >= 15 is 0 Å². The predicted octanol–water partition coefficient (Wildman–Crippen LogP) is 2.23. The number of carbonyl (C=O) groups is 1. The fourth-order valence-corrected chi connectivity index (χ4v) is 2.06. The summed E-state index contributed by atoms with van der Waals surface area (Å²) in [6.45, 7) is 3.34. The lowest BCUT2D eigenvalue weighted by Crippen LogP contribution is -2.27. The molecule has 0 bridgehead atoms. The molecule has 0 aliphatic heterocycles. The molecule has 0 aromatic heterocycles. The van der Waals surface area contributed by atoms with Crippen LogP contribution in [0, 0.1) is 0 Å². The van der Waals surface area contributed by atoms with Gasteiger partial charge in [-0.3, -0.25) is 4.79 Å². The zero-order chi connectivity index (χ0) is 14.3. The first kappa shape index (κ1) is 15.8. The highest BCUT2D eigenvalue weighted by Crippen LogP contribution is 2.36. The maximum absolute atomic E-state index is 11.9. The topological polar surface area (TPSA) is 56.8 Å². The fraction of sp³-hybridized carbons (Fsp3) is 0.462. The predicted molar refractivity (Wildman–Crippen MR) is 76.1 cm³/mol. The molecule has 0 fully saturated rings. The first-order chi connectivity index (χ1) is 9.13. The van der Waals surface area contributed by atoms with E-state index in [0.29, 0.717) is 41.3 Å². The van der Waals surface area contributed by atoms with Crippen LogP contribution in [0.4, 0.5) is 0 Å². The summed E-state index contributed by atoms with van der Waals surface area (Å²) in [5.74, 6) is 0.936. The van der Waals surface area contributed by atoms with Crippen molar-refractivity contribution in [3.05, 3.63) is 22.2 Å². The van der Waals surface area contributed by atoms with Crippen molar-refractivity contribution in [2.24, 2.45) is 0 Å². The Hall–Kier alpha value is -1.27. The van der Waals surface area contributed by atoms with Crippen molar-refractivity contribution in [3.63, 3.8) is 0 Å². The number of nitrogens with one attached hydrogen (secondary N) is 1. The van der Waals surface area contributed by atoms with E-state index in [1.807, 2.05) is 6.92 Å². The monoisotopic (exact) mass is 331 g/mol. The molecule has 0 unspecified atom stereocenters. The first-order valence-corrected chi connectivity index (χ1v) is 6.70. The summed E-state index contributed by atoms with van der Waals surface area (Å²) < 4.78 is 16.3. The number of methoxy groups -OCH3 is 2. The Kier molecular flexibility index (Phi) is 6.66. The molecule has 0 aliphatic rings. The molecule has 0 radical (unpaired) electrons. The smallest absolute Gasteiger partial charge is 0.251 e. The van der Waals surface area contributed by atoms with Gasteiger partial charge in [-0.15, -0.1) is 0 Å². The highest BCUT2D eigenvalue weighted by atomic mass is 79.9. The molecule has 0 saturated carbocycles. The summed E-state index contributed by atoms with van der Waals surface area (Å²) in [6, 6.07) is 3.35. The molecule has 6 heteroatoms. The summed E-state index contributed by atoms with van der Waals surface area (Å²) in [5, 5.41) is 2.75. The van der Waals surface area contributed by atoms with E-state index in [2.05, 4.69) is 21.2 Å². The molecule has 106 valence electrons. The van der Waals surface area contributed by atoms with Crippen molar-refractivity contribution in [2.45, 2.75) is 6.92 Å². The highest BCUT2D eigenvalue weighted by molar-refractivity contribution is 9.10. The van der Waals surface area contributed by atoms with E-state index < -0.39 is 0 Å². The molecule has 0 saturated heterocycles. The third-order valence-electron chi connectivity index (χ3n) is 2.37. The average Bonchev–Trinajstić information content (AvgIpc) is 2.41. The van der Waals surface area contributed by atoms with Crippen LogP contribution in [0.5, 0.6) is 11.5 Å². The normalized spacial score (nSPS) is 10.1. The van der Waals surface area contributed by atoms with Gasteiger partial charge in [0.15, 0.2) is 11.5 Å². The molecular formula is C13H18BrNO4. The van der Waals surface area contributed by atoms with Crippen LogP contribution in [0.15, 0.2) is 16.6 Å². The van der Waals surface area contributed by atoms with Gasteiger partial charge in [-0.1, -0.05) is 0 Å². The van der Waals surface area contributed by atoms with Crippen molar-refractivity contribution in [2.75, 3.05) is 34.0 Å². The van der Waals surface area contributed by atoms with Gasteiger partial charge < -0.3 is 19.5 Å². The van der Waals surface area contributed by atoms with Crippen molar-refractivity contribution in [3.8, 4) is 11.5 Å². The van der Waals surface area contributed by atoms with Gasteiger partial charge in [-0.2, -0.15) is 0 Å². The van der Waals surface area contributed by atoms with Crippen molar-refractivity contribution in [1.29, 1.82) is 0 Å². The van der Waals surface area contributed by atoms with Gasteiger partial charge in [0.05, 0.1) is 24.8 Å². The Morgan fingerprint density at radius 3 is 2.68 bits per heavy atom. The van der Waals surface area contributed by atoms with Gasteiger partial charge in [-0.05, 0) is 35.0 Å². The van der Waals surface area contributed by atoms with Gasteiger partial charge in [0.25, 0.3) is 5.91 Å². The van der Waals surface area contributed by atoms with Crippen LogP contribution < -0.4 is 14.8 Å². The molecular weight excluding hydrogens is 314 g/mol. The van der Waals surface area contributed by atoms with Crippen LogP contribution in [-0.2, 0) is 4.74 Å². The van der Waals surface area contributed by atoms with Crippen LogP contribution in [0.1, 0.15) is 17.3 Å². The number of amides is 1. The molecule has 5 nitrogen and oxygen atoms in total. The van der Waals surface area contributed by atoms with Crippen LogP contribution >= 0.6 is 15.9 Å². The lowest BCUT2D eigenvalue weighted by molar-refractivity contribution is 0.0936. The van der Waals surface area contributed by atoms with Crippen LogP contribution in [0.3, 0.4) is 0 Å². The van der Waals surface area contributed by atoms with E-state index in [1.54, 1.807) is 19.2 Å². The van der Waals surface area contributed by atoms with Crippen LogP contribution in [-0.4, -0.2) is 39.9 Å². The summed E-state index contributed by atoms with van der Waals surface area (Å²) in [6.07, 6.45) is 0. The number of hydrogen-bond acceptors (Lipinski definition) is 4. The Labute approximate surface area is 121 Å². The van der Waals surface area contributed by atoms with E-state index in [0.717, 1.165) is 0 Å². The van der Waals surface area contributed by atoms with Crippen LogP contribution in [0.25, 0.3) is 0 Å². The molecule has 1 N–H and O–H groups in total. The molecule has 1 aromatic carbocycles. The lowest BCUT2D eigenvalue weighted by Gasteiger charge is -2.13. The molecule has 1 amide bonds. The number of ether oxygens (including phenoxy) is 3. The maximum Gasteiger partial charge on any atom is 0.251 e. The van der Waals surface area contributed by atoms with Gasteiger partial charge >= 0.3 is 0 Å². The molecule has 0 atom stereocenters. The summed E-state index contributed by atoms with van der Waals surface area (Å²) in [4.78, 5) is 11.9. The van der Waals surface area contributed by atoms with Gasteiger partial charge in [0, 0.05) is 19.2 Å². The fourth-order valence-electron chi connectivity index (χ4n) is 1.50. The second kappa shape index (κ2) is 8.01. The molecule has 0 spiro atoms. The van der Waals surface area contributed by atoms with Gasteiger partial charge in [0.1, 0.15) is 0 Å². The van der Waals surface area contributed by atoms with Gasteiger partial charge in [0.2, 0.25) is 0 Å². The van der Waals surface area contributed by atoms with Crippen molar-refractivity contribution >= 4 is 21.8 Å². The Morgan fingerprint density at radius 2 is 2.11 bits per heavy atom. The van der Waals surface area contributed by atoms with E-state index in [1.165, 1.54) is 7.11 Å². The highest BCUT2D eigenvalue weighted by Gasteiger charge is 2.15. The Bertz CT molecular complexity index is 437. The largest absolute Gasteiger partial charge is 0.493 e. The third-order valence-corrected chi connectivity index (χ3v) is 2.96. The van der Waals surface area contributed by atoms with Crippen LogP contribution in [0.2, 0.25) is 0 Å². The second-order valence-corrected chi connectivity index (χ2v) is 4.53.